The molecule has 2 saturated heterocycles. The van der Waals surface area contributed by atoms with Gasteiger partial charge in [0.15, 0.2) is 0 Å². The SMILES string of the molecule is Cc1ccccc1-c1ccc(CN2CCN(N3CCC(=O)C3=O)CC2)c(C)n1. The lowest BCUT2D eigenvalue weighted by molar-refractivity contribution is -0.152. The molecule has 4 rings (SSSR count). The van der Waals surface area contributed by atoms with Gasteiger partial charge >= 0.3 is 5.91 Å². The largest absolute Gasteiger partial charge is 0.304 e. The topological polar surface area (TPSA) is 56.8 Å². The number of carbonyl (C=O) groups excluding carboxylic acids is 2. The van der Waals surface area contributed by atoms with E-state index in [0.29, 0.717) is 13.0 Å². The highest BCUT2D eigenvalue weighted by Gasteiger charge is 2.34. The summed E-state index contributed by atoms with van der Waals surface area (Å²) < 4.78 is 0. The Morgan fingerprint density at radius 3 is 2.32 bits per heavy atom. The highest BCUT2D eigenvalue weighted by atomic mass is 16.2. The molecule has 0 bridgehead atoms. The van der Waals surface area contributed by atoms with E-state index in [4.69, 9.17) is 4.98 Å². The lowest BCUT2D eigenvalue weighted by Crippen LogP contribution is -2.54. The quantitative estimate of drug-likeness (QED) is 0.764. The zero-order valence-electron chi connectivity index (χ0n) is 16.5. The van der Waals surface area contributed by atoms with Crippen LogP contribution in [0, 0.1) is 13.8 Å². The number of amides is 1. The van der Waals surface area contributed by atoms with Gasteiger partial charge in [-0.15, -0.1) is 0 Å². The summed E-state index contributed by atoms with van der Waals surface area (Å²) in [7, 11) is 0. The standard InChI is InChI=1S/C22H26N4O2/c1-16-5-3-4-6-19(16)20-8-7-18(17(2)23-20)15-24-11-13-25(14-12-24)26-10-9-21(27)22(26)28/h3-8H,9-15H2,1-2H3. The number of hydrogen-bond acceptors (Lipinski definition) is 5. The monoisotopic (exact) mass is 378 g/mol. The maximum absolute atomic E-state index is 11.9. The molecule has 1 aromatic heterocycles. The van der Waals surface area contributed by atoms with Crippen LogP contribution in [0.1, 0.15) is 23.2 Å². The average Bonchev–Trinajstić information content (AvgIpc) is 3.03. The third kappa shape index (κ3) is 3.70. The number of pyridine rings is 1. The van der Waals surface area contributed by atoms with Crippen molar-refractivity contribution in [2.75, 3.05) is 32.7 Å². The van der Waals surface area contributed by atoms with Crippen LogP contribution in [0.2, 0.25) is 0 Å². The van der Waals surface area contributed by atoms with E-state index in [1.807, 2.05) is 17.1 Å². The van der Waals surface area contributed by atoms with Gasteiger partial charge in [-0.3, -0.25) is 24.5 Å². The fourth-order valence-corrected chi connectivity index (χ4v) is 3.97. The van der Waals surface area contributed by atoms with E-state index < -0.39 is 0 Å². The zero-order chi connectivity index (χ0) is 19.7. The fourth-order valence-electron chi connectivity index (χ4n) is 3.97. The minimum atomic E-state index is -0.347. The number of benzene rings is 1. The number of ketones is 1. The summed E-state index contributed by atoms with van der Waals surface area (Å²) in [6, 6.07) is 12.6. The molecule has 2 aliphatic rings. The highest BCUT2D eigenvalue weighted by Crippen LogP contribution is 2.23. The summed E-state index contributed by atoms with van der Waals surface area (Å²) >= 11 is 0. The van der Waals surface area contributed by atoms with E-state index in [9.17, 15) is 9.59 Å². The van der Waals surface area contributed by atoms with Crippen LogP contribution in [0.5, 0.6) is 0 Å². The van der Waals surface area contributed by atoms with Gasteiger partial charge in [0.25, 0.3) is 0 Å². The first-order chi connectivity index (χ1) is 13.5. The Labute approximate surface area is 165 Å². The minimum Gasteiger partial charge on any atom is -0.296 e. The normalized spacial score (nSPS) is 18.9. The minimum absolute atomic E-state index is 0.266. The first-order valence-electron chi connectivity index (χ1n) is 9.87. The molecule has 0 N–H and O–H groups in total. The molecule has 6 heteroatoms. The number of carbonyl (C=O) groups is 2. The summed E-state index contributed by atoms with van der Waals surface area (Å²) in [5.74, 6) is -0.613. The predicted molar refractivity (Wildman–Crippen MR) is 107 cm³/mol. The third-order valence-corrected chi connectivity index (χ3v) is 5.72. The van der Waals surface area contributed by atoms with Crippen molar-refractivity contribution < 1.29 is 9.59 Å². The molecule has 2 aromatic rings. The van der Waals surface area contributed by atoms with Crippen LogP contribution < -0.4 is 0 Å². The Kier molecular flexibility index (Phi) is 5.24. The van der Waals surface area contributed by atoms with Crippen molar-refractivity contribution in [3.8, 4) is 11.3 Å². The molecule has 1 aromatic carbocycles. The predicted octanol–water partition coefficient (Wildman–Crippen LogP) is 2.20. The second-order valence-corrected chi connectivity index (χ2v) is 7.59. The smallest absolute Gasteiger partial charge is 0.296 e. The molecule has 146 valence electrons. The number of piperazine rings is 1. The van der Waals surface area contributed by atoms with Crippen LogP contribution in [0.15, 0.2) is 36.4 Å². The van der Waals surface area contributed by atoms with Crippen LogP contribution in [0.25, 0.3) is 11.3 Å². The summed E-state index contributed by atoms with van der Waals surface area (Å²) in [5.41, 5.74) is 5.71. The second kappa shape index (κ2) is 7.81. The molecular weight excluding hydrogens is 352 g/mol. The van der Waals surface area contributed by atoms with Crippen LogP contribution in [0.3, 0.4) is 0 Å². The van der Waals surface area contributed by atoms with Gasteiger partial charge in [0, 0.05) is 56.9 Å². The Morgan fingerprint density at radius 1 is 0.929 bits per heavy atom. The second-order valence-electron chi connectivity index (χ2n) is 7.59. The number of aromatic nitrogens is 1. The maximum atomic E-state index is 11.9. The number of rotatable bonds is 4. The molecule has 1 amide bonds. The molecule has 0 atom stereocenters. The molecule has 3 heterocycles. The summed E-state index contributed by atoms with van der Waals surface area (Å²) in [5, 5.41) is 3.65. The number of nitrogens with zero attached hydrogens (tertiary/aromatic N) is 4. The number of aryl methyl sites for hydroxylation is 2. The number of hydrazine groups is 1. The van der Waals surface area contributed by atoms with Gasteiger partial charge < -0.3 is 0 Å². The fraction of sp³-hybridized carbons (Fsp3) is 0.409. The van der Waals surface area contributed by atoms with Crippen molar-refractivity contribution in [1.82, 2.24) is 19.9 Å². The van der Waals surface area contributed by atoms with E-state index in [0.717, 1.165) is 44.1 Å². The van der Waals surface area contributed by atoms with Gasteiger partial charge in [-0.2, -0.15) is 0 Å². The van der Waals surface area contributed by atoms with Crippen molar-refractivity contribution in [2.24, 2.45) is 0 Å². The van der Waals surface area contributed by atoms with Gasteiger partial charge in [-0.25, -0.2) is 5.01 Å². The highest BCUT2D eigenvalue weighted by molar-refractivity contribution is 6.37. The van der Waals surface area contributed by atoms with Crippen LogP contribution in [0.4, 0.5) is 0 Å². The number of hydrogen-bond donors (Lipinski definition) is 0. The van der Waals surface area contributed by atoms with E-state index in [-0.39, 0.29) is 11.7 Å². The van der Waals surface area contributed by atoms with Crippen molar-refractivity contribution in [1.29, 1.82) is 0 Å². The Hall–Kier alpha value is -2.57. The Bertz CT molecular complexity index is 903. The molecule has 2 fully saturated rings. The third-order valence-electron chi connectivity index (χ3n) is 5.72. The van der Waals surface area contributed by atoms with Crippen LogP contribution in [-0.2, 0) is 16.1 Å². The van der Waals surface area contributed by atoms with E-state index in [1.165, 1.54) is 16.7 Å². The molecule has 6 nitrogen and oxygen atoms in total. The van der Waals surface area contributed by atoms with Crippen molar-refractivity contribution in [2.45, 2.75) is 26.8 Å². The van der Waals surface area contributed by atoms with E-state index in [1.54, 1.807) is 5.01 Å². The van der Waals surface area contributed by atoms with Crippen LogP contribution in [-0.4, -0.2) is 64.3 Å². The van der Waals surface area contributed by atoms with Crippen molar-refractivity contribution in [3.05, 3.63) is 53.2 Å². The van der Waals surface area contributed by atoms with Crippen molar-refractivity contribution in [3.63, 3.8) is 0 Å². The lowest BCUT2D eigenvalue weighted by atomic mass is 10.0. The molecule has 0 radical (unpaired) electrons. The maximum Gasteiger partial charge on any atom is 0.304 e. The Balaban J connectivity index is 1.38. The molecule has 0 unspecified atom stereocenters. The van der Waals surface area contributed by atoms with Gasteiger partial charge in [0.2, 0.25) is 5.78 Å². The van der Waals surface area contributed by atoms with Gasteiger partial charge in [-0.1, -0.05) is 30.3 Å². The summed E-state index contributed by atoms with van der Waals surface area (Å²) in [4.78, 5) is 30.6. The van der Waals surface area contributed by atoms with Gasteiger partial charge in [0.1, 0.15) is 0 Å². The Morgan fingerprint density at radius 2 is 1.68 bits per heavy atom. The van der Waals surface area contributed by atoms with E-state index in [2.05, 4.69) is 43.0 Å². The number of Topliss-reactive ketones (excluding diaryl/α,β-unsaturated/α-hetero) is 1. The zero-order valence-corrected chi connectivity index (χ0v) is 16.5. The van der Waals surface area contributed by atoms with Gasteiger partial charge in [-0.05, 0) is 31.0 Å². The first kappa shape index (κ1) is 18.8. The first-order valence-corrected chi connectivity index (χ1v) is 9.87. The van der Waals surface area contributed by atoms with Crippen LogP contribution >= 0.6 is 0 Å². The molecule has 0 spiro atoms. The molecule has 0 saturated carbocycles. The van der Waals surface area contributed by atoms with Crippen molar-refractivity contribution >= 4 is 11.7 Å². The summed E-state index contributed by atoms with van der Waals surface area (Å²) in [6.07, 6.45) is 0.344. The molecule has 28 heavy (non-hydrogen) atoms. The lowest BCUT2D eigenvalue weighted by Gasteiger charge is -2.39. The molecular formula is C22H26N4O2. The molecule has 2 aliphatic heterocycles. The van der Waals surface area contributed by atoms with Gasteiger partial charge in [0.05, 0.1) is 5.69 Å². The van der Waals surface area contributed by atoms with E-state index >= 15 is 0 Å². The summed E-state index contributed by atoms with van der Waals surface area (Å²) in [6.45, 7) is 8.85. The molecule has 0 aliphatic carbocycles. The average molecular weight is 378 g/mol.